The maximum absolute atomic E-state index is 12.4. The van der Waals surface area contributed by atoms with Crippen LogP contribution in [0.2, 0.25) is 0 Å². The Labute approximate surface area is 149 Å². The molecule has 7 nitrogen and oxygen atoms in total. The molecule has 1 aliphatic rings. The number of piperazine rings is 1. The van der Waals surface area contributed by atoms with Crippen molar-refractivity contribution in [2.75, 3.05) is 36.8 Å². The third kappa shape index (κ3) is 3.30. The topological polar surface area (TPSA) is 88.5 Å². The Bertz CT molecular complexity index is 868. The van der Waals surface area contributed by atoms with Crippen molar-refractivity contribution in [1.82, 2.24) is 14.9 Å². The van der Waals surface area contributed by atoms with Crippen molar-refractivity contribution >= 4 is 39.2 Å². The van der Waals surface area contributed by atoms with Crippen molar-refractivity contribution in [3.8, 4) is 0 Å². The highest BCUT2D eigenvalue weighted by Crippen LogP contribution is 2.29. The molecule has 1 amide bonds. The van der Waals surface area contributed by atoms with Crippen LogP contribution in [0.5, 0.6) is 0 Å². The first-order valence-electron chi connectivity index (χ1n) is 8.26. The number of hydrogen-bond acceptors (Lipinski definition) is 7. The van der Waals surface area contributed by atoms with Gasteiger partial charge in [-0.25, -0.2) is 4.98 Å². The van der Waals surface area contributed by atoms with Gasteiger partial charge in [0.15, 0.2) is 0 Å². The largest absolute Gasteiger partial charge is 0.469 e. The molecule has 4 rings (SSSR count). The molecule has 2 N–H and O–H groups in total. The van der Waals surface area contributed by atoms with Crippen molar-refractivity contribution in [1.29, 1.82) is 0 Å². The zero-order valence-corrected chi connectivity index (χ0v) is 14.5. The quantitative estimate of drug-likeness (QED) is 0.770. The minimum Gasteiger partial charge on any atom is -0.469 e. The molecule has 0 spiro atoms. The fourth-order valence-electron chi connectivity index (χ4n) is 3.11. The van der Waals surface area contributed by atoms with Crippen LogP contribution in [-0.2, 0) is 11.2 Å². The fraction of sp³-hybridized carbons (Fsp3) is 0.353. The number of carbonyl (C=O) groups is 1. The van der Waals surface area contributed by atoms with Crippen LogP contribution in [-0.4, -0.2) is 47.0 Å². The Morgan fingerprint density at radius 1 is 1.24 bits per heavy atom. The summed E-state index contributed by atoms with van der Waals surface area (Å²) in [4.78, 5) is 26.1. The van der Waals surface area contributed by atoms with Crippen LogP contribution < -0.4 is 10.6 Å². The Hall–Kier alpha value is -2.61. The number of fused-ring (bicyclic) bond motifs is 1. The number of nitrogen functional groups attached to an aromatic ring is 1. The SMILES string of the molecule is Nc1nc(N2CCN(C(=O)CCc3ccco3)CC2)c2ccsc2n1. The molecule has 0 bridgehead atoms. The fourth-order valence-corrected chi connectivity index (χ4v) is 3.87. The van der Waals surface area contributed by atoms with Gasteiger partial charge in [-0.15, -0.1) is 11.3 Å². The van der Waals surface area contributed by atoms with Crippen molar-refractivity contribution in [2.24, 2.45) is 0 Å². The smallest absolute Gasteiger partial charge is 0.223 e. The number of thiophene rings is 1. The van der Waals surface area contributed by atoms with E-state index in [9.17, 15) is 4.79 Å². The molecule has 25 heavy (non-hydrogen) atoms. The molecule has 0 atom stereocenters. The summed E-state index contributed by atoms with van der Waals surface area (Å²) in [6, 6.07) is 5.77. The van der Waals surface area contributed by atoms with E-state index >= 15 is 0 Å². The van der Waals surface area contributed by atoms with Gasteiger partial charge in [0.25, 0.3) is 0 Å². The highest BCUT2D eigenvalue weighted by molar-refractivity contribution is 7.16. The zero-order valence-electron chi connectivity index (χ0n) is 13.7. The second kappa shape index (κ2) is 6.72. The summed E-state index contributed by atoms with van der Waals surface area (Å²) in [5.74, 6) is 2.18. The third-order valence-corrected chi connectivity index (χ3v) is 5.23. The first-order chi connectivity index (χ1) is 12.2. The van der Waals surface area contributed by atoms with Gasteiger partial charge < -0.3 is 20.0 Å². The number of aromatic nitrogens is 2. The lowest BCUT2D eigenvalue weighted by Gasteiger charge is -2.35. The van der Waals surface area contributed by atoms with E-state index in [4.69, 9.17) is 10.2 Å². The van der Waals surface area contributed by atoms with Gasteiger partial charge in [0.05, 0.1) is 11.6 Å². The molecule has 1 fully saturated rings. The summed E-state index contributed by atoms with van der Waals surface area (Å²) < 4.78 is 5.29. The number of hydrogen-bond donors (Lipinski definition) is 1. The second-order valence-corrected chi connectivity index (χ2v) is 6.89. The van der Waals surface area contributed by atoms with Crippen molar-refractivity contribution in [3.63, 3.8) is 0 Å². The number of aryl methyl sites for hydroxylation is 1. The lowest BCUT2D eigenvalue weighted by atomic mass is 10.2. The lowest BCUT2D eigenvalue weighted by Crippen LogP contribution is -2.49. The molecule has 0 saturated carbocycles. The maximum Gasteiger partial charge on any atom is 0.223 e. The minimum atomic E-state index is 0.166. The van der Waals surface area contributed by atoms with Gasteiger partial charge >= 0.3 is 0 Å². The molecule has 1 aliphatic heterocycles. The van der Waals surface area contributed by atoms with Gasteiger partial charge in [-0.1, -0.05) is 0 Å². The molecule has 0 radical (unpaired) electrons. The predicted octanol–water partition coefficient (Wildman–Crippen LogP) is 2.15. The van der Waals surface area contributed by atoms with Crippen molar-refractivity contribution < 1.29 is 9.21 Å². The van der Waals surface area contributed by atoms with Gasteiger partial charge in [0.1, 0.15) is 16.4 Å². The van der Waals surface area contributed by atoms with Gasteiger partial charge in [0.2, 0.25) is 11.9 Å². The van der Waals surface area contributed by atoms with E-state index in [1.807, 2.05) is 28.5 Å². The number of nitrogens with zero attached hydrogens (tertiary/aromatic N) is 4. The molecular weight excluding hydrogens is 338 g/mol. The first kappa shape index (κ1) is 15.9. The first-order valence-corrected chi connectivity index (χ1v) is 9.14. The third-order valence-electron chi connectivity index (χ3n) is 4.42. The number of nitrogens with two attached hydrogens (primary N) is 1. The van der Waals surface area contributed by atoms with Crippen LogP contribution >= 0.6 is 11.3 Å². The molecule has 4 heterocycles. The Balaban J connectivity index is 1.39. The monoisotopic (exact) mass is 357 g/mol. The summed E-state index contributed by atoms with van der Waals surface area (Å²) in [5, 5.41) is 3.02. The zero-order chi connectivity index (χ0) is 17.2. The molecule has 3 aromatic heterocycles. The summed E-state index contributed by atoms with van der Waals surface area (Å²) in [7, 11) is 0. The highest BCUT2D eigenvalue weighted by atomic mass is 32.1. The summed E-state index contributed by atoms with van der Waals surface area (Å²) in [6.07, 6.45) is 2.75. The molecule has 3 aromatic rings. The van der Waals surface area contributed by atoms with Crippen molar-refractivity contribution in [3.05, 3.63) is 35.6 Å². The predicted molar refractivity (Wildman–Crippen MR) is 97.6 cm³/mol. The Morgan fingerprint density at radius 2 is 2.08 bits per heavy atom. The lowest BCUT2D eigenvalue weighted by molar-refractivity contribution is -0.131. The van der Waals surface area contributed by atoms with Gasteiger partial charge in [-0.3, -0.25) is 4.79 Å². The average Bonchev–Trinajstić information content (AvgIpc) is 3.30. The van der Waals surface area contributed by atoms with E-state index in [0.717, 1.165) is 34.9 Å². The summed E-state index contributed by atoms with van der Waals surface area (Å²) in [6.45, 7) is 2.86. The molecular formula is C17H19N5O2S. The highest BCUT2D eigenvalue weighted by Gasteiger charge is 2.23. The van der Waals surface area contributed by atoms with Crippen LogP contribution in [0.1, 0.15) is 12.2 Å². The molecule has 1 saturated heterocycles. The molecule has 0 unspecified atom stereocenters. The number of amides is 1. The van der Waals surface area contributed by atoms with Gasteiger partial charge in [0, 0.05) is 39.0 Å². The summed E-state index contributed by atoms with van der Waals surface area (Å²) >= 11 is 1.56. The van der Waals surface area contributed by atoms with E-state index in [1.165, 1.54) is 0 Å². The molecule has 0 aromatic carbocycles. The number of carbonyl (C=O) groups excluding carboxylic acids is 1. The van der Waals surface area contributed by atoms with Crippen LogP contribution in [0.25, 0.3) is 10.2 Å². The van der Waals surface area contributed by atoms with Crippen LogP contribution in [0.3, 0.4) is 0 Å². The molecule has 130 valence electrons. The van der Waals surface area contributed by atoms with Gasteiger partial charge in [-0.2, -0.15) is 4.98 Å². The maximum atomic E-state index is 12.4. The molecule has 0 aliphatic carbocycles. The number of rotatable bonds is 4. The Morgan fingerprint density at radius 3 is 2.84 bits per heavy atom. The van der Waals surface area contributed by atoms with Crippen LogP contribution in [0, 0.1) is 0 Å². The minimum absolute atomic E-state index is 0.166. The Kier molecular flexibility index (Phi) is 4.27. The molecule has 8 heteroatoms. The van der Waals surface area contributed by atoms with E-state index < -0.39 is 0 Å². The normalized spacial score (nSPS) is 15.0. The van der Waals surface area contributed by atoms with Crippen LogP contribution in [0.15, 0.2) is 34.3 Å². The second-order valence-electron chi connectivity index (χ2n) is 5.99. The number of furan rings is 1. The standard InChI is InChI=1S/C17H19N5O2S/c18-17-19-15(13-5-11-25-16(13)20-17)22-8-6-21(7-9-22)14(23)4-3-12-2-1-10-24-12/h1-2,5,10-11H,3-4,6-9H2,(H2,18,19,20). The number of anilines is 2. The van der Waals surface area contributed by atoms with Crippen molar-refractivity contribution in [2.45, 2.75) is 12.8 Å². The van der Waals surface area contributed by atoms with Gasteiger partial charge in [-0.05, 0) is 23.6 Å². The van der Waals surface area contributed by atoms with E-state index in [1.54, 1.807) is 17.6 Å². The van der Waals surface area contributed by atoms with E-state index in [0.29, 0.717) is 31.9 Å². The average molecular weight is 357 g/mol. The van der Waals surface area contributed by atoms with E-state index in [2.05, 4.69) is 14.9 Å². The van der Waals surface area contributed by atoms with Crippen LogP contribution in [0.4, 0.5) is 11.8 Å². The summed E-state index contributed by atoms with van der Waals surface area (Å²) in [5.41, 5.74) is 5.84. The van der Waals surface area contributed by atoms with E-state index in [-0.39, 0.29) is 5.91 Å².